The lowest BCUT2D eigenvalue weighted by molar-refractivity contribution is -0.147. The van der Waals surface area contributed by atoms with Gasteiger partial charge in [-0.2, -0.15) is 0 Å². The molecule has 2 heteroatoms. The average molecular weight is 180 g/mol. The molecule has 0 bridgehead atoms. The molecule has 0 aromatic heterocycles. The molecule has 0 fully saturated rings. The third-order valence-corrected chi connectivity index (χ3v) is 1.78. The number of hydrogen-bond acceptors (Lipinski definition) is 2. The monoisotopic (exact) mass is 180 g/mol. The van der Waals surface area contributed by atoms with E-state index in [1.165, 1.54) is 0 Å². The number of ether oxygens (including phenoxy) is 1. The van der Waals surface area contributed by atoms with Crippen LogP contribution in [0.5, 0.6) is 0 Å². The summed E-state index contributed by atoms with van der Waals surface area (Å²) in [5.74, 6) is -0.425. The molecule has 1 atom stereocenters. The molecule has 0 aliphatic carbocycles. The molecule has 72 valence electrons. The van der Waals surface area contributed by atoms with Crippen LogP contribution in [-0.2, 0) is 9.53 Å². The van der Waals surface area contributed by atoms with Crippen LogP contribution < -0.4 is 0 Å². The maximum Gasteiger partial charge on any atom is 0.331 e. The van der Waals surface area contributed by atoms with Crippen molar-refractivity contribution in [1.29, 1.82) is 0 Å². The van der Waals surface area contributed by atoms with Gasteiger partial charge in [-0.3, -0.25) is 0 Å². The zero-order valence-corrected chi connectivity index (χ0v) is 8.08. The fourth-order valence-electron chi connectivity index (χ4n) is 0.855. The molecule has 0 rings (SSSR count). The topological polar surface area (TPSA) is 26.3 Å². The SMILES string of the molecule is C=CCCC(C)(C=C)OC(=O)C=C. The second kappa shape index (κ2) is 5.36. The van der Waals surface area contributed by atoms with Crippen molar-refractivity contribution in [1.82, 2.24) is 0 Å². The highest BCUT2D eigenvalue weighted by atomic mass is 16.6. The van der Waals surface area contributed by atoms with Crippen molar-refractivity contribution >= 4 is 5.97 Å². The van der Waals surface area contributed by atoms with Gasteiger partial charge in [0, 0.05) is 6.08 Å². The average Bonchev–Trinajstić information content (AvgIpc) is 2.14. The van der Waals surface area contributed by atoms with Crippen LogP contribution in [0.25, 0.3) is 0 Å². The second-order valence-corrected chi connectivity index (χ2v) is 2.97. The van der Waals surface area contributed by atoms with Crippen LogP contribution in [0.1, 0.15) is 19.8 Å². The van der Waals surface area contributed by atoms with Gasteiger partial charge in [-0.25, -0.2) is 4.79 Å². The van der Waals surface area contributed by atoms with E-state index in [1.54, 1.807) is 12.2 Å². The highest BCUT2D eigenvalue weighted by Crippen LogP contribution is 2.19. The summed E-state index contributed by atoms with van der Waals surface area (Å²) in [6.45, 7) is 12.4. The molecule has 0 N–H and O–H groups in total. The number of carbonyl (C=O) groups excluding carboxylic acids is 1. The lowest BCUT2D eigenvalue weighted by Crippen LogP contribution is -2.28. The van der Waals surface area contributed by atoms with Gasteiger partial charge in [0.05, 0.1) is 0 Å². The maximum atomic E-state index is 10.9. The van der Waals surface area contributed by atoms with Crippen LogP contribution in [0.3, 0.4) is 0 Å². The van der Waals surface area contributed by atoms with Gasteiger partial charge in [0.1, 0.15) is 5.60 Å². The fourth-order valence-corrected chi connectivity index (χ4v) is 0.855. The molecule has 0 saturated heterocycles. The predicted molar refractivity (Wildman–Crippen MR) is 54.3 cm³/mol. The van der Waals surface area contributed by atoms with Crippen molar-refractivity contribution in [3.8, 4) is 0 Å². The Morgan fingerprint density at radius 1 is 1.46 bits per heavy atom. The first-order valence-corrected chi connectivity index (χ1v) is 4.18. The van der Waals surface area contributed by atoms with E-state index >= 15 is 0 Å². The van der Waals surface area contributed by atoms with E-state index in [4.69, 9.17) is 4.74 Å². The second-order valence-electron chi connectivity index (χ2n) is 2.97. The zero-order chi connectivity index (χ0) is 10.3. The molecule has 0 aromatic carbocycles. The third-order valence-electron chi connectivity index (χ3n) is 1.78. The maximum absolute atomic E-state index is 10.9. The molecule has 0 aliphatic heterocycles. The number of carbonyl (C=O) groups is 1. The molecule has 0 amide bonds. The number of rotatable bonds is 6. The number of esters is 1. The Morgan fingerprint density at radius 2 is 2.08 bits per heavy atom. The Hall–Kier alpha value is -1.31. The van der Waals surface area contributed by atoms with Crippen LogP contribution in [0.4, 0.5) is 0 Å². The summed E-state index contributed by atoms with van der Waals surface area (Å²) in [7, 11) is 0. The van der Waals surface area contributed by atoms with Gasteiger partial charge in [0.2, 0.25) is 0 Å². The molecule has 0 heterocycles. The Bertz CT molecular complexity index is 218. The van der Waals surface area contributed by atoms with Crippen LogP contribution in [0.15, 0.2) is 38.0 Å². The Balaban J connectivity index is 4.25. The summed E-state index contributed by atoms with van der Waals surface area (Å²) in [5.41, 5.74) is -0.612. The molecular formula is C11H16O2. The minimum atomic E-state index is -0.612. The summed E-state index contributed by atoms with van der Waals surface area (Å²) < 4.78 is 5.12. The molecule has 0 aromatic rings. The van der Waals surface area contributed by atoms with E-state index in [0.29, 0.717) is 6.42 Å². The molecule has 13 heavy (non-hydrogen) atoms. The number of hydrogen-bond donors (Lipinski definition) is 0. The van der Waals surface area contributed by atoms with E-state index < -0.39 is 11.6 Å². The fraction of sp³-hybridized carbons (Fsp3) is 0.364. The van der Waals surface area contributed by atoms with E-state index in [0.717, 1.165) is 12.5 Å². The van der Waals surface area contributed by atoms with E-state index in [-0.39, 0.29) is 0 Å². The predicted octanol–water partition coefficient (Wildman–Crippen LogP) is 2.63. The largest absolute Gasteiger partial charge is 0.452 e. The summed E-state index contributed by atoms with van der Waals surface area (Å²) in [6, 6.07) is 0. The summed E-state index contributed by atoms with van der Waals surface area (Å²) in [4.78, 5) is 10.9. The molecule has 2 nitrogen and oxygen atoms in total. The van der Waals surface area contributed by atoms with Gasteiger partial charge in [-0.15, -0.1) is 6.58 Å². The highest BCUT2D eigenvalue weighted by molar-refractivity contribution is 5.81. The first-order chi connectivity index (χ1) is 6.08. The normalized spacial score (nSPS) is 13.9. The van der Waals surface area contributed by atoms with Crippen LogP contribution >= 0.6 is 0 Å². The first-order valence-electron chi connectivity index (χ1n) is 4.18. The summed E-state index contributed by atoms with van der Waals surface area (Å²) in [5, 5.41) is 0. The van der Waals surface area contributed by atoms with E-state index in [1.807, 2.05) is 6.92 Å². The van der Waals surface area contributed by atoms with Gasteiger partial charge < -0.3 is 4.74 Å². The van der Waals surface area contributed by atoms with Gasteiger partial charge in [0.15, 0.2) is 0 Å². The first kappa shape index (κ1) is 11.7. The minimum absolute atomic E-state index is 0.425. The lowest BCUT2D eigenvalue weighted by atomic mass is 10.0. The van der Waals surface area contributed by atoms with Crippen molar-refractivity contribution in [2.75, 3.05) is 0 Å². The molecule has 0 radical (unpaired) electrons. The standard InChI is InChI=1S/C11H16O2/c1-5-8-9-11(4,7-3)13-10(12)6-2/h5-7H,1-3,8-9H2,4H3. The molecular weight excluding hydrogens is 164 g/mol. The Kier molecular flexibility index (Phi) is 4.82. The Labute approximate surface area is 79.6 Å². The number of allylic oxidation sites excluding steroid dienone is 1. The van der Waals surface area contributed by atoms with Crippen molar-refractivity contribution in [2.45, 2.75) is 25.4 Å². The van der Waals surface area contributed by atoms with Gasteiger partial charge in [-0.05, 0) is 25.8 Å². The highest BCUT2D eigenvalue weighted by Gasteiger charge is 2.22. The van der Waals surface area contributed by atoms with Crippen LogP contribution in [0, 0.1) is 0 Å². The third kappa shape index (κ3) is 4.31. The van der Waals surface area contributed by atoms with E-state index in [2.05, 4.69) is 19.7 Å². The quantitative estimate of drug-likeness (QED) is 0.357. The Morgan fingerprint density at radius 3 is 2.46 bits per heavy atom. The van der Waals surface area contributed by atoms with Crippen molar-refractivity contribution < 1.29 is 9.53 Å². The molecule has 0 spiro atoms. The molecule has 0 aliphatic rings. The van der Waals surface area contributed by atoms with E-state index in [9.17, 15) is 4.79 Å². The lowest BCUT2D eigenvalue weighted by Gasteiger charge is -2.24. The molecule has 0 saturated carbocycles. The molecule has 1 unspecified atom stereocenters. The smallest absolute Gasteiger partial charge is 0.331 e. The summed E-state index contributed by atoms with van der Waals surface area (Å²) >= 11 is 0. The summed E-state index contributed by atoms with van der Waals surface area (Å²) in [6.07, 6.45) is 6.03. The van der Waals surface area contributed by atoms with Crippen LogP contribution in [-0.4, -0.2) is 11.6 Å². The zero-order valence-electron chi connectivity index (χ0n) is 8.08. The van der Waals surface area contributed by atoms with Gasteiger partial charge in [0.25, 0.3) is 0 Å². The van der Waals surface area contributed by atoms with Crippen LogP contribution in [0.2, 0.25) is 0 Å². The van der Waals surface area contributed by atoms with Gasteiger partial charge >= 0.3 is 5.97 Å². The minimum Gasteiger partial charge on any atom is -0.452 e. The van der Waals surface area contributed by atoms with Crippen molar-refractivity contribution in [3.05, 3.63) is 38.0 Å². The van der Waals surface area contributed by atoms with Crippen molar-refractivity contribution in [2.24, 2.45) is 0 Å². The van der Waals surface area contributed by atoms with Crippen molar-refractivity contribution in [3.63, 3.8) is 0 Å². The van der Waals surface area contributed by atoms with Gasteiger partial charge in [-0.1, -0.05) is 19.2 Å².